The van der Waals surface area contributed by atoms with E-state index in [9.17, 15) is 9.59 Å². The Morgan fingerprint density at radius 3 is 2.33 bits per heavy atom. The average Bonchev–Trinajstić information content (AvgIpc) is 2.25. The number of hydrogen-bond donors (Lipinski definition) is 2. The van der Waals surface area contributed by atoms with Gasteiger partial charge in [0, 0.05) is 16.1 Å². The standard InChI is InChI=1S/C12H11Cl2NO3/c1-7(12(17)18)15-11(16)3-2-8-4-9(13)6-10(14)5-8/h2-7H,1H3,(H,15,16)(H,17,18)/b3-2+/t7-/m1/s1. The van der Waals surface area contributed by atoms with Gasteiger partial charge in [0.2, 0.25) is 5.91 Å². The number of aliphatic carboxylic acids is 1. The zero-order chi connectivity index (χ0) is 13.7. The van der Waals surface area contributed by atoms with Crippen LogP contribution >= 0.6 is 23.2 Å². The lowest BCUT2D eigenvalue weighted by atomic mass is 10.2. The minimum atomic E-state index is -1.09. The summed E-state index contributed by atoms with van der Waals surface area (Å²) in [5.41, 5.74) is 0.658. The molecule has 1 aromatic rings. The number of carboxylic acid groups (broad SMARTS) is 1. The van der Waals surface area contributed by atoms with Gasteiger partial charge in [0.05, 0.1) is 0 Å². The highest BCUT2D eigenvalue weighted by Crippen LogP contribution is 2.19. The van der Waals surface area contributed by atoms with Gasteiger partial charge >= 0.3 is 5.97 Å². The summed E-state index contributed by atoms with van der Waals surface area (Å²) in [7, 11) is 0. The molecule has 0 aliphatic heterocycles. The van der Waals surface area contributed by atoms with Gasteiger partial charge in [-0.1, -0.05) is 23.2 Å². The van der Waals surface area contributed by atoms with Crippen LogP contribution in [0.5, 0.6) is 0 Å². The Hall–Kier alpha value is -1.52. The maximum atomic E-state index is 11.4. The molecular weight excluding hydrogens is 277 g/mol. The number of hydrogen-bond acceptors (Lipinski definition) is 2. The number of carbonyl (C=O) groups is 2. The molecule has 0 radical (unpaired) electrons. The Labute approximate surface area is 114 Å². The second kappa shape index (κ2) is 6.42. The zero-order valence-electron chi connectivity index (χ0n) is 9.48. The summed E-state index contributed by atoms with van der Waals surface area (Å²) in [4.78, 5) is 21.9. The number of carboxylic acids is 1. The smallest absolute Gasteiger partial charge is 0.325 e. The molecule has 1 amide bonds. The molecule has 0 heterocycles. The van der Waals surface area contributed by atoms with Crippen LogP contribution in [0.25, 0.3) is 6.08 Å². The van der Waals surface area contributed by atoms with Crippen LogP contribution < -0.4 is 5.32 Å². The van der Waals surface area contributed by atoms with E-state index in [4.69, 9.17) is 28.3 Å². The summed E-state index contributed by atoms with van der Waals surface area (Å²) in [6.07, 6.45) is 2.73. The maximum absolute atomic E-state index is 11.4. The van der Waals surface area contributed by atoms with Crippen molar-refractivity contribution in [3.8, 4) is 0 Å². The van der Waals surface area contributed by atoms with Crippen molar-refractivity contribution < 1.29 is 14.7 Å². The Kier molecular flexibility index (Phi) is 5.19. The van der Waals surface area contributed by atoms with Crippen molar-refractivity contribution in [3.63, 3.8) is 0 Å². The predicted octanol–water partition coefficient (Wildman–Crippen LogP) is 2.60. The molecule has 0 saturated carbocycles. The van der Waals surface area contributed by atoms with Crippen LogP contribution in [-0.2, 0) is 9.59 Å². The quantitative estimate of drug-likeness (QED) is 0.837. The van der Waals surface area contributed by atoms with Gasteiger partial charge in [0.1, 0.15) is 6.04 Å². The number of rotatable bonds is 4. The Balaban J connectivity index is 2.69. The SMILES string of the molecule is C[C@@H](NC(=O)/C=C/c1cc(Cl)cc(Cl)c1)C(=O)O. The summed E-state index contributed by atoms with van der Waals surface area (Å²) >= 11 is 11.6. The lowest BCUT2D eigenvalue weighted by molar-refractivity contribution is -0.140. The molecule has 0 unspecified atom stereocenters. The van der Waals surface area contributed by atoms with Crippen LogP contribution in [0.4, 0.5) is 0 Å². The fraction of sp³-hybridized carbons (Fsp3) is 0.167. The monoisotopic (exact) mass is 287 g/mol. The zero-order valence-corrected chi connectivity index (χ0v) is 11.0. The van der Waals surface area contributed by atoms with Crippen LogP contribution in [0.3, 0.4) is 0 Å². The van der Waals surface area contributed by atoms with Gasteiger partial charge in [-0.2, -0.15) is 0 Å². The largest absolute Gasteiger partial charge is 0.480 e. The Morgan fingerprint density at radius 1 is 1.28 bits per heavy atom. The van der Waals surface area contributed by atoms with Gasteiger partial charge in [0.15, 0.2) is 0 Å². The van der Waals surface area contributed by atoms with E-state index in [1.807, 2.05) is 0 Å². The molecule has 1 aromatic carbocycles. The molecule has 2 N–H and O–H groups in total. The van der Waals surface area contributed by atoms with E-state index in [0.29, 0.717) is 15.6 Å². The third-order valence-electron chi connectivity index (χ3n) is 2.04. The number of halogens is 2. The van der Waals surface area contributed by atoms with Crippen LogP contribution in [-0.4, -0.2) is 23.0 Å². The summed E-state index contributed by atoms with van der Waals surface area (Å²) in [5, 5.41) is 11.8. The third-order valence-corrected chi connectivity index (χ3v) is 2.48. The number of nitrogens with one attached hydrogen (secondary N) is 1. The highest BCUT2D eigenvalue weighted by Gasteiger charge is 2.11. The Bertz CT molecular complexity index is 480. The highest BCUT2D eigenvalue weighted by atomic mass is 35.5. The number of amides is 1. The molecular formula is C12H11Cl2NO3. The average molecular weight is 288 g/mol. The van der Waals surface area contributed by atoms with E-state index in [1.165, 1.54) is 19.1 Å². The first kappa shape index (κ1) is 14.5. The molecule has 18 heavy (non-hydrogen) atoms. The van der Waals surface area contributed by atoms with Gasteiger partial charge in [-0.15, -0.1) is 0 Å². The molecule has 6 heteroatoms. The van der Waals surface area contributed by atoms with Crippen molar-refractivity contribution >= 4 is 41.2 Å². The number of benzene rings is 1. The number of carbonyl (C=O) groups excluding carboxylic acids is 1. The van der Waals surface area contributed by atoms with Crippen molar-refractivity contribution in [1.29, 1.82) is 0 Å². The van der Waals surface area contributed by atoms with Gasteiger partial charge in [0.25, 0.3) is 0 Å². The van der Waals surface area contributed by atoms with Crippen molar-refractivity contribution in [3.05, 3.63) is 39.9 Å². The second-order valence-electron chi connectivity index (χ2n) is 3.60. The van der Waals surface area contributed by atoms with E-state index < -0.39 is 17.9 Å². The summed E-state index contributed by atoms with van der Waals surface area (Å²) in [6, 6.07) is 3.91. The first-order valence-corrected chi connectivity index (χ1v) is 5.81. The van der Waals surface area contributed by atoms with Crippen molar-refractivity contribution in [1.82, 2.24) is 5.32 Å². The highest BCUT2D eigenvalue weighted by molar-refractivity contribution is 6.34. The Morgan fingerprint density at radius 2 is 1.83 bits per heavy atom. The lowest BCUT2D eigenvalue weighted by Gasteiger charge is -2.06. The minimum Gasteiger partial charge on any atom is -0.480 e. The molecule has 1 rings (SSSR count). The van der Waals surface area contributed by atoms with Gasteiger partial charge in [-0.05, 0) is 36.8 Å². The van der Waals surface area contributed by atoms with Crippen LogP contribution in [0.2, 0.25) is 10.0 Å². The van der Waals surface area contributed by atoms with Gasteiger partial charge in [-0.25, -0.2) is 0 Å². The molecule has 0 saturated heterocycles. The molecule has 0 aliphatic rings. The van der Waals surface area contributed by atoms with Gasteiger partial charge < -0.3 is 10.4 Å². The van der Waals surface area contributed by atoms with Crippen LogP contribution in [0.15, 0.2) is 24.3 Å². The van der Waals surface area contributed by atoms with Gasteiger partial charge in [-0.3, -0.25) is 9.59 Å². The molecule has 0 aliphatic carbocycles. The van der Waals surface area contributed by atoms with Crippen molar-refractivity contribution in [2.75, 3.05) is 0 Å². The van der Waals surface area contributed by atoms with Crippen molar-refractivity contribution in [2.45, 2.75) is 13.0 Å². The fourth-order valence-corrected chi connectivity index (χ4v) is 1.71. The molecule has 4 nitrogen and oxygen atoms in total. The predicted molar refractivity (Wildman–Crippen MR) is 70.7 cm³/mol. The first-order chi connectivity index (χ1) is 8.38. The van der Waals surface area contributed by atoms with E-state index in [1.54, 1.807) is 18.2 Å². The summed E-state index contributed by atoms with van der Waals surface area (Å²) in [6.45, 7) is 1.38. The maximum Gasteiger partial charge on any atom is 0.325 e. The van der Waals surface area contributed by atoms with E-state index in [0.717, 1.165) is 0 Å². The molecule has 1 atom stereocenters. The fourth-order valence-electron chi connectivity index (χ4n) is 1.17. The lowest BCUT2D eigenvalue weighted by Crippen LogP contribution is -2.37. The molecule has 96 valence electrons. The second-order valence-corrected chi connectivity index (χ2v) is 4.48. The summed E-state index contributed by atoms with van der Waals surface area (Å²) < 4.78 is 0. The van der Waals surface area contributed by atoms with Crippen LogP contribution in [0, 0.1) is 0 Å². The van der Waals surface area contributed by atoms with Crippen molar-refractivity contribution in [2.24, 2.45) is 0 Å². The topological polar surface area (TPSA) is 66.4 Å². The normalized spacial score (nSPS) is 12.4. The van der Waals surface area contributed by atoms with E-state index >= 15 is 0 Å². The third kappa shape index (κ3) is 4.77. The van der Waals surface area contributed by atoms with Crippen LogP contribution in [0.1, 0.15) is 12.5 Å². The minimum absolute atomic E-state index is 0.460. The van der Waals surface area contributed by atoms with E-state index in [2.05, 4.69) is 5.32 Å². The van der Waals surface area contributed by atoms with E-state index in [-0.39, 0.29) is 0 Å². The molecule has 0 bridgehead atoms. The molecule has 0 aromatic heterocycles. The molecule has 0 spiro atoms. The first-order valence-electron chi connectivity index (χ1n) is 5.06. The molecule has 0 fully saturated rings. The summed E-state index contributed by atoms with van der Waals surface area (Å²) in [5.74, 6) is -1.59.